The summed E-state index contributed by atoms with van der Waals surface area (Å²) in [5.74, 6) is -0.181. The molecule has 7 nitrogen and oxygen atoms in total. The number of nitrogens with one attached hydrogen (secondary N) is 1. The van der Waals surface area contributed by atoms with Crippen LogP contribution in [0.2, 0.25) is 0 Å². The van der Waals surface area contributed by atoms with E-state index in [2.05, 4.69) is 15.0 Å². The lowest BCUT2D eigenvalue weighted by atomic mass is 10.1. The number of hydrogen-bond acceptors (Lipinski definition) is 6. The van der Waals surface area contributed by atoms with Crippen molar-refractivity contribution < 1.29 is 19.1 Å². The van der Waals surface area contributed by atoms with E-state index in [1.54, 1.807) is 0 Å². The van der Waals surface area contributed by atoms with Crippen LogP contribution in [0.15, 0.2) is 0 Å². The fourth-order valence-electron chi connectivity index (χ4n) is 2.80. The van der Waals surface area contributed by atoms with Crippen LogP contribution in [0.3, 0.4) is 0 Å². The highest BCUT2D eigenvalue weighted by molar-refractivity contribution is 5.81. The van der Waals surface area contributed by atoms with Crippen molar-refractivity contribution >= 4 is 11.9 Å². The number of carbonyl (C=O) groups excluding carboxylic acids is 2. The maximum atomic E-state index is 12.6. The average molecular weight is 299 g/mol. The summed E-state index contributed by atoms with van der Waals surface area (Å²) in [5.41, 5.74) is 0. The normalized spacial score (nSPS) is 25.4. The van der Waals surface area contributed by atoms with Gasteiger partial charge in [0.05, 0.1) is 32.3 Å². The molecule has 2 fully saturated rings. The van der Waals surface area contributed by atoms with Crippen LogP contribution in [0.1, 0.15) is 13.3 Å². The molecule has 7 heteroatoms. The molecular weight excluding hydrogens is 274 g/mol. The summed E-state index contributed by atoms with van der Waals surface area (Å²) in [6.07, 6.45) is -0.0622. The number of amides is 1. The first kappa shape index (κ1) is 16.2. The quantitative estimate of drug-likeness (QED) is 0.676. The van der Waals surface area contributed by atoms with Crippen molar-refractivity contribution in [3.63, 3.8) is 0 Å². The molecule has 0 spiro atoms. The number of hydrogen-bond donors (Lipinski definition) is 1. The van der Waals surface area contributed by atoms with Gasteiger partial charge in [0.1, 0.15) is 0 Å². The third-order valence-electron chi connectivity index (χ3n) is 4.13. The second-order valence-electron chi connectivity index (χ2n) is 5.52. The lowest BCUT2D eigenvalue weighted by molar-refractivity contribution is -0.152. The summed E-state index contributed by atoms with van der Waals surface area (Å²) in [6.45, 7) is 7.11. The number of methoxy groups -OCH3 is 1. The largest absolute Gasteiger partial charge is 0.469 e. The molecule has 0 radical (unpaired) electrons. The van der Waals surface area contributed by atoms with E-state index < -0.39 is 0 Å². The fraction of sp³-hybridized carbons (Fsp3) is 0.857. The number of ether oxygens (including phenoxy) is 2. The van der Waals surface area contributed by atoms with E-state index in [-0.39, 0.29) is 30.4 Å². The van der Waals surface area contributed by atoms with E-state index in [0.717, 1.165) is 26.2 Å². The minimum Gasteiger partial charge on any atom is -0.469 e. The van der Waals surface area contributed by atoms with Crippen LogP contribution in [0.4, 0.5) is 0 Å². The maximum absolute atomic E-state index is 12.6. The van der Waals surface area contributed by atoms with Crippen LogP contribution in [0.5, 0.6) is 0 Å². The molecule has 2 unspecified atom stereocenters. The molecular formula is C14H25N3O4. The highest BCUT2D eigenvalue weighted by Crippen LogP contribution is 2.13. The smallest absolute Gasteiger partial charge is 0.308 e. The molecule has 0 aromatic carbocycles. The lowest BCUT2D eigenvalue weighted by Gasteiger charge is -2.38. The molecule has 2 atom stereocenters. The first-order valence-corrected chi connectivity index (χ1v) is 7.53. The second kappa shape index (κ2) is 7.72. The van der Waals surface area contributed by atoms with Crippen LogP contribution in [-0.4, -0.2) is 86.8 Å². The van der Waals surface area contributed by atoms with Crippen molar-refractivity contribution in [1.29, 1.82) is 0 Å². The van der Waals surface area contributed by atoms with Crippen molar-refractivity contribution in [1.82, 2.24) is 15.1 Å². The Balaban J connectivity index is 1.87. The molecule has 0 bridgehead atoms. The molecule has 1 N–H and O–H groups in total. The van der Waals surface area contributed by atoms with Crippen molar-refractivity contribution in [2.75, 3.05) is 53.0 Å². The summed E-state index contributed by atoms with van der Waals surface area (Å²) in [7, 11) is 1.36. The Kier molecular flexibility index (Phi) is 5.96. The molecule has 0 aromatic heterocycles. The summed E-state index contributed by atoms with van der Waals surface area (Å²) in [5, 5.41) is 3.29. The standard InChI is InChI=1S/C14H25N3O4/c1-11(16-5-3-15-4-6-16)14(19)17-7-8-21-12(10-17)9-13(18)20-2/h11-12,15H,3-10H2,1-2H3. The fourth-order valence-corrected chi connectivity index (χ4v) is 2.80. The predicted molar refractivity (Wildman–Crippen MR) is 76.9 cm³/mol. The summed E-state index contributed by atoms with van der Waals surface area (Å²) in [6, 6.07) is -0.121. The van der Waals surface area contributed by atoms with Gasteiger partial charge in [-0.25, -0.2) is 0 Å². The van der Waals surface area contributed by atoms with Gasteiger partial charge in [0, 0.05) is 39.3 Å². The summed E-state index contributed by atoms with van der Waals surface area (Å²) < 4.78 is 10.2. The Bertz CT molecular complexity index is 371. The van der Waals surface area contributed by atoms with Crippen molar-refractivity contribution in [2.24, 2.45) is 0 Å². The third kappa shape index (κ3) is 4.39. The van der Waals surface area contributed by atoms with E-state index in [4.69, 9.17) is 4.74 Å². The van der Waals surface area contributed by atoms with E-state index in [9.17, 15) is 9.59 Å². The minimum absolute atomic E-state index is 0.120. The van der Waals surface area contributed by atoms with Gasteiger partial charge in [-0.3, -0.25) is 14.5 Å². The number of nitrogens with zero attached hydrogens (tertiary/aromatic N) is 2. The van der Waals surface area contributed by atoms with Crippen LogP contribution < -0.4 is 5.32 Å². The van der Waals surface area contributed by atoms with Gasteiger partial charge in [-0.15, -0.1) is 0 Å². The maximum Gasteiger partial charge on any atom is 0.308 e. The number of carbonyl (C=O) groups is 2. The summed E-state index contributed by atoms with van der Waals surface area (Å²) >= 11 is 0. The Labute approximate surface area is 125 Å². The molecule has 0 saturated carbocycles. The number of esters is 1. The van der Waals surface area contributed by atoms with Crippen LogP contribution in [0.25, 0.3) is 0 Å². The molecule has 0 aliphatic carbocycles. The molecule has 120 valence electrons. The molecule has 2 heterocycles. The van der Waals surface area contributed by atoms with Crippen LogP contribution in [-0.2, 0) is 19.1 Å². The molecule has 1 amide bonds. The predicted octanol–water partition coefficient (Wildman–Crippen LogP) is -0.929. The van der Waals surface area contributed by atoms with Gasteiger partial charge in [-0.1, -0.05) is 0 Å². The Morgan fingerprint density at radius 3 is 2.71 bits per heavy atom. The molecule has 2 aliphatic heterocycles. The van der Waals surface area contributed by atoms with E-state index >= 15 is 0 Å². The SMILES string of the molecule is COC(=O)CC1CN(C(=O)C(C)N2CCNCC2)CCO1. The van der Waals surface area contributed by atoms with Gasteiger partial charge in [0.25, 0.3) is 0 Å². The summed E-state index contributed by atoms with van der Waals surface area (Å²) in [4.78, 5) is 27.9. The van der Waals surface area contributed by atoms with Gasteiger partial charge in [-0.05, 0) is 6.92 Å². The molecule has 2 rings (SSSR count). The van der Waals surface area contributed by atoms with Crippen molar-refractivity contribution in [3.8, 4) is 0 Å². The number of rotatable bonds is 4. The van der Waals surface area contributed by atoms with E-state index in [1.165, 1.54) is 7.11 Å². The van der Waals surface area contributed by atoms with Gasteiger partial charge in [-0.2, -0.15) is 0 Å². The molecule has 21 heavy (non-hydrogen) atoms. The molecule has 0 aromatic rings. The van der Waals surface area contributed by atoms with Gasteiger partial charge < -0.3 is 19.7 Å². The van der Waals surface area contributed by atoms with Crippen LogP contribution in [0, 0.1) is 0 Å². The highest BCUT2D eigenvalue weighted by atomic mass is 16.5. The minimum atomic E-state index is -0.301. The number of morpholine rings is 1. The third-order valence-corrected chi connectivity index (χ3v) is 4.13. The van der Waals surface area contributed by atoms with E-state index in [1.807, 2.05) is 11.8 Å². The van der Waals surface area contributed by atoms with E-state index in [0.29, 0.717) is 19.7 Å². The Hall–Kier alpha value is -1.18. The van der Waals surface area contributed by atoms with Crippen molar-refractivity contribution in [2.45, 2.75) is 25.5 Å². The Morgan fingerprint density at radius 1 is 1.33 bits per heavy atom. The lowest BCUT2D eigenvalue weighted by Crippen LogP contribution is -2.56. The zero-order valence-corrected chi connectivity index (χ0v) is 12.8. The Morgan fingerprint density at radius 2 is 2.05 bits per heavy atom. The van der Waals surface area contributed by atoms with Gasteiger partial charge in [0.15, 0.2) is 0 Å². The monoisotopic (exact) mass is 299 g/mol. The molecule has 2 aliphatic rings. The van der Waals surface area contributed by atoms with Crippen LogP contribution >= 0.6 is 0 Å². The topological polar surface area (TPSA) is 71.1 Å². The first-order valence-electron chi connectivity index (χ1n) is 7.53. The van der Waals surface area contributed by atoms with Gasteiger partial charge in [0.2, 0.25) is 5.91 Å². The second-order valence-corrected chi connectivity index (χ2v) is 5.52. The first-order chi connectivity index (χ1) is 10.1. The average Bonchev–Trinajstić information content (AvgIpc) is 2.54. The zero-order valence-electron chi connectivity index (χ0n) is 12.8. The van der Waals surface area contributed by atoms with Crippen molar-refractivity contribution in [3.05, 3.63) is 0 Å². The number of piperazine rings is 1. The highest BCUT2D eigenvalue weighted by Gasteiger charge is 2.31. The molecule has 2 saturated heterocycles. The zero-order chi connectivity index (χ0) is 15.2. The van der Waals surface area contributed by atoms with Gasteiger partial charge >= 0.3 is 5.97 Å².